The predicted octanol–water partition coefficient (Wildman–Crippen LogP) is 5.77. The molecule has 3 aromatic heterocycles. The highest BCUT2D eigenvalue weighted by molar-refractivity contribution is 9.11. The second-order valence-corrected chi connectivity index (χ2v) is 10.7. The van der Waals surface area contributed by atoms with Crippen molar-refractivity contribution >= 4 is 76.8 Å². The number of nitrogens with zero attached hydrogens (tertiary/aromatic N) is 7. The number of carbonyl (C=O) groups excluding carboxylic acids is 2. The Morgan fingerprint density at radius 2 is 1.46 bits per heavy atom. The van der Waals surface area contributed by atoms with Gasteiger partial charge in [-0.1, -0.05) is 44.0 Å². The lowest BCUT2D eigenvalue weighted by Gasteiger charge is -2.04. The molecule has 0 N–H and O–H groups in total. The molecule has 2 aromatic carbocycles. The average Bonchev–Trinajstić information content (AvgIpc) is 3.63. The van der Waals surface area contributed by atoms with Crippen LogP contribution in [-0.2, 0) is 16.0 Å². The van der Waals surface area contributed by atoms with E-state index in [4.69, 9.17) is 0 Å². The molecule has 0 aliphatic carbocycles. The Bertz CT molecular complexity index is 1740. The highest BCUT2D eigenvalue weighted by atomic mass is 79.9. The average molecular weight is 746 g/mol. The Morgan fingerprint density at radius 1 is 0.805 bits per heavy atom. The monoisotopic (exact) mass is 743 g/mol. The molecule has 0 spiro atoms. The fraction of sp³-hybridized carbons (Fsp3) is 0.111. The molecule has 0 atom stereocenters. The number of halogens is 3. The number of aliphatic imine (C=N–C) groups is 1. The summed E-state index contributed by atoms with van der Waals surface area (Å²) in [6, 6.07) is 12.0. The summed E-state index contributed by atoms with van der Waals surface area (Å²) < 4.78 is 13.3. The lowest BCUT2D eigenvalue weighted by Crippen LogP contribution is -2.08. The van der Waals surface area contributed by atoms with E-state index in [0.717, 1.165) is 26.4 Å². The number of hydrogen-bond donors (Lipinski definition) is 0. The van der Waals surface area contributed by atoms with Gasteiger partial charge in [0.1, 0.15) is 4.60 Å². The first-order chi connectivity index (χ1) is 19.8. The number of hydrogen-bond acceptors (Lipinski definition) is 10. The van der Waals surface area contributed by atoms with E-state index in [9.17, 15) is 9.59 Å². The van der Waals surface area contributed by atoms with Crippen LogP contribution in [0.5, 0.6) is 0 Å². The Hall–Kier alpha value is -3.88. The third-order valence-corrected chi connectivity index (χ3v) is 6.73. The van der Waals surface area contributed by atoms with Crippen molar-refractivity contribution in [2.24, 2.45) is 4.99 Å². The minimum Gasteiger partial charge on any atom is -0.464 e. The van der Waals surface area contributed by atoms with E-state index in [1.807, 2.05) is 30.5 Å². The van der Waals surface area contributed by atoms with Gasteiger partial charge in [-0.05, 0) is 51.3 Å². The van der Waals surface area contributed by atoms with Gasteiger partial charge in [-0.3, -0.25) is 15.0 Å². The van der Waals surface area contributed by atoms with Crippen molar-refractivity contribution in [2.45, 2.75) is 6.54 Å². The lowest BCUT2D eigenvalue weighted by molar-refractivity contribution is 0.0584. The number of benzene rings is 2. The zero-order valence-electron chi connectivity index (χ0n) is 21.5. The third kappa shape index (κ3) is 7.86. The third-order valence-electron chi connectivity index (χ3n) is 5.36. The molecule has 11 nitrogen and oxygen atoms in total. The molecule has 0 amide bonds. The molecule has 41 heavy (non-hydrogen) atoms. The van der Waals surface area contributed by atoms with Gasteiger partial charge in [-0.15, -0.1) is 0 Å². The molecule has 0 unspecified atom stereocenters. The number of ether oxygens (including phenoxy) is 2. The van der Waals surface area contributed by atoms with Crippen LogP contribution in [-0.4, -0.2) is 62.1 Å². The molecule has 14 heteroatoms. The van der Waals surface area contributed by atoms with Crippen LogP contribution < -0.4 is 0 Å². The minimum atomic E-state index is -0.531. The fourth-order valence-corrected chi connectivity index (χ4v) is 4.53. The van der Waals surface area contributed by atoms with Crippen LogP contribution in [0.2, 0.25) is 0 Å². The van der Waals surface area contributed by atoms with E-state index >= 15 is 0 Å². The summed E-state index contributed by atoms with van der Waals surface area (Å²) in [5.41, 5.74) is 3.78. The molecule has 0 fully saturated rings. The van der Waals surface area contributed by atoms with Crippen molar-refractivity contribution in [2.75, 3.05) is 14.2 Å². The quantitative estimate of drug-likeness (QED) is 0.211. The first kappa shape index (κ1) is 30.1. The molecule has 1 aliphatic rings. The van der Waals surface area contributed by atoms with Gasteiger partial charge < -0.3 is 9.47 Å². The van der Waals surface area contributed by atoms with Gasteiger partial charge in [-0.2, -0.15) is 5.10 Å². The van der Waals surface area contributed by atoms with Crippen molar-refractivity contribution < 1.29 is 19.1 Å². The first-order valence-corrected chi connectivity index (χ1v) is 14.0. The smallest absolute Gasteiger partial charge is 0.358 e. The van der Waals surface area contributed by atoms with Crippen LogP contribution in [0.1, 0.15) is 32.1 Å². The van der Waals surface area contributed by atoms with Crippen LogP contribution in [0.4, 0.5) is 0 Å². The van der Waals surface area contributed by atoms with Gasteiger partial charge in [0.25, 0.3) is 0 Å². The fourth-order valence-electron chi connectivity index (χ4n) is 3.46. The second kappa shape index (κ2) is 14.1. The van der Waals surface area contributed by atoms with Crippen LogP contribution in [0.25, 0.3) is 16.7 Å². The molecule has 0 saturated carbocycles. The maximum Gasteiger partial charge on any atom is 0.358 e. The standard InChI is InChI=1S/C13H9BrN4O2.C8H6BrN.C6H5BrN2O2/c1-20-13(19)10-6-15-7-12(17-10)18-11-4-9(14)3-2-8(11)5-16-18;9-8-2-1-6-4-10-5-7(6)3-8;1-11-6(10)4-2-8-3-5(7)9-4/h2-7H,1H3;1-4H,5H2;2-3H,1H3. The molecule has 0 bridgehead atoms. The Morgan fingerprint density at radius 3 is 2.17 bits per heavy atom. The molecule has 0 radical (unpaired) electrons. The van der Waals surface area contributed by atoms with Gasteiger partial charge >= 0.3 is 11.9 Å². The second-order valence-electron chi connectivity index (χ2n) is 8.05. The Balaban J connectivity index is 0.000000156. The van der Waals surface area contributed by atoms with Gasteiger partial charge in [0.05, 0.1) is 57.3 Å². The van der Waals surface area contributed by atoms with Crippen molar-refractivity contribution in [1.82, 2.24) is 29.7 Å². The normalized spacial score (nSPS) is 11.0. The van der Waals surface area contributed by atoms with E-state index in [1.54, 1.807) is 17.1 Å². The van der Waals surface area contributed by atoms with Gasteiger partial charge in [0.15, 0.2) is 17.2 Å². The zero-order valence-corrected chi connectivity index (χ0v) is 26.3. The molecule has 4 heterocycles. The Kier molecular flexibility index (Phi) is 10.4. The number of rotatable bonds is 3. The molecule has 5 aromatic rings. The van der Waals surface area contributed by atoms with E-state index in [-0.39, 0.29) is 11.4 Å². The lowest BCUT2D eigenvalue weighted by atomic mass is 10.1. The van der Waals surface area contributed by atoms with E-state index < -0.39 is 11.9 Å². The minimum absolute atomic E-state index is 0.142. The van der Waals surface area contributed by atoms with Crippen LogP contribution in [0.15, 0.2) is 85.9 Å². The Labute approximate surface area is 259 Å². The van der Waals surface area contributed by atoms with Gasteiger partial charge in [-0.25, -0.2) is 24.2 Å². The van der Waals surface area contributed by atoms with Gasteiger partial charge in [0.2, 0.25) is 0 Å². The summed E-state index contributed by atoms with van der Waals surface area (Å²) in [4.78, 5) is 42.2. The van der Waals surface area contributed by atoms with Crippen LogP contribution >= 0.6 is 47.8 Å². The van der Waals surface area contributed by atoms with Crippen molar-refractivity contribution in [3.05, 3.63) is 103 Å². The van der Waals surface area contributed by atoms with Gasteiger partial charge in [0, 0.05) is 20.5 Å². The maximum atomic E-state index is 11.5. The summed E-state index contributed by atoms with van der Waals surface area (Å²) in [5, 5.41) is 5.24. The van der Waals surface area contributed by atoms with Crippen molar-refractivity contribution in [3.63, 3.8) is 0 Å². The predicted molar refractivity (Wildman–Crippen MR) is 162 cm³/mol. The summed E-state index contributed by atoms with van der Waals surface area (Å²) in [6.45, 7) is 0.842. The van der Waals surface area contributed by atoms with Crippen LogP contribution in [0.3, 0.4) is 0 Å². The van der Waals surface area contributed by atoms with E-state index in [0.29, 0.717) is 10.4 Å². The number of aromatic nitrogens is 6. The number of fused-ring (bicyclic) bond motifs is 2. The largest absolute Gasteiger partial charge is 0.464 e. The van der Waals surface area contributed by atoms with Crippen LogP contribution in [0, 0.1) is 0 Å². The molecule has 6 rings (SSSR count). The highest BCUT2D eigenvalue weighted by Gasteiger charge is 2.12. The summed E-state index contributed by atoms with van der Waals surface area (Å²) in [6.07, 6.45) is 9.38. The summed E-state index contributed by atoms with van der Waals surface area (Å²) >= 11 is 9.91. The molecule has 0 saturated heterocycles. The SMILES string of the molecule is Brc1ccc2c(c1)CN=C2.COC(=O)c1cncc(-n2ncc3ccc(Br)cc32)n1.COC(=O)c1cncc(Br)n1. The molecular weight excluding hydrogens is 726 g/mol. The first-order valence-electron chi connectivity index (χ1n) is 11.7. The molecule has 1 aliphatic heterocycles. The number of esters is 2. The van der Waals surface area contributed by atoms with E-state index in [2.05, 4.69) is 99.4 Å². The zero-order chi connectivity index (χ0) is 29.4. The molecule has 208 valence electrons. The highest BCUT2D eigenvalue weighted by Crippen LogP contribution is 2.22. The van der Waals surface area contributed by atoms with Crippen molar-refractivity contribution in [3.8, 4) is 5.82 Å². The maximum absolute atomic E-state index is 11.5. The van der Waals surface area contributed by atoms with Crippen molar-refractivity contribution in [1.29, 1.82) is 0 Å². The molecular formula is C27H20Br3N7O4. The number of carbonyl (C=O) groups is 2. The topological polar surface area (TPSA) is 134 Å². The summed E-state index contributed by atoms with van der Waals surface area (Å²) in [5.74, 6) is -0.559. The van der Waals surface area contributed by atoms with E-state index in [1.165, 1.54) is 43.9 Å². The summed E-state index contributed by atoms with van der Waals surface area (Å²) in [7, 11) is 2.60. The number of methoxy groups -OCH3 is 2.